The van der Waals surface area contributed by atoms with E-state index in [1.165, 1.54) is 19.2 Å². The lowest BCUT2D eigenvalue weighted by molar-refractivity contribution is -0.384. The Morgan fingerprint density at radius 1 is 1.24 bits per heavy atom. The van der Waals surface area contributed by atoms with Crippen LogP contribution in [-0.2, 0) is 7.05 Å². The number of aryl methyl sites for hydroxylation is 1. The predicted molar refractivity (Wildman–Crippen MR) is 93.0 cm³/mol. The normalized spacial score (nSPS) is 10.6. The Balaban J connectivity index is 2.03. The molecule has 0 unspecified atom stereocenters. The van der Waals surface area contributed by atoms with Crippen LogP contribution in [0, 0.1) is 10.1 Å². The van der Waals surface area contributed by atoms with Gasteiger partial charge < -0.3 is 5.32 Å². The van der Waals surface area contributed by atoms with Crippen LogP contribution in [0.4, 0.5) is 11.4 Å². The van der Waals surface area contributed by atoms with Gasteiger partial charge in [-0.25, -0.2) is 4.68 Å². The molecule has 3 aromatic rings. The van der Waals surface area contributed by atoms with Crippen molar-refractivity contribution in [3.63, 3.8) is 0 Å². The van der Waals surface area contributed by atoms with Crippen LogP contribution in [-0.4, -0.2) is 20.6 Å². The average Bonchev–Trinajstić information content (AvgIpc) is 2.59. The van der Waals surface area contributed by atoms with Crippen molar-refractivity contribution < 1.29 is 9.72 Å². The number of carbonyl (C=O) groups excluding carboxylic acids is 1. The first kappa shape index (κ1) is 16.6. The van der Waals surface area contributed by atoms with Crippen LogP contribution in [0.2, 0.25) is 5.02 Å². The lowest BCUT2D eigenvalue weighted by Crippen LogP contribution is -2.25. The quantitative estimate of drug-likeness (QED) is 0.572. The number of nitro benzene ring substituents is 1. The fraction of sp³-hybridized carbons (Fsp3) is 0.0625. The Labute approximate surface area is 145 Å². The van der Waals surface area contributed by atoms with E-state index in [1.54, 1.807) is 24.3 Å². The number of benzene rings is 2. The van der Waals surface area contributed by atoms with Gasteiger partial charge in [-0.05, 0) is 12.1 Å². The number of nitrogens with one attached hydrogen (secondary N) is 1. The summed E-state index contributed by atoms with van der Waals surface area (Å²) in [6.07, 6.45) is 0. The smallest absolute Gasteiger partial charge is 0.276 e. The molecule has 0 aliphatic carbocycles. The number of non-ortho nitro benzene ring substituents is 1. The van der Waals surface area contributed by atoms with Gasteiger partial charge in [0.05, 0.1) is 21.0 Å². The molecule has 0 saturated carbocycles. The van der Waals surface area contributed by atoms with Gasteiger partial charge >= 0.3 is 0 Å². The molecule has 8 nitrogen and oxygen atoms in total. The molecule has 25 heavy (non-hydrogen) atoms. The summed E-state index contributed by atoms with van der Waals surface area (Å²) >= 11 is 5.98. The number of hydrogen-bond donors (Lipinski definition) is 1. The van der Waals surface area contributed by atoms with E-state index >= 15 is 0 Å². The molecule has 3 rings (SSSR count). The molecule has 0 spiro atoms. The average molecular weight is 359 g/mol. The van der Waals surface area contributed by atoms with Gasteiger partial charge in [0.25, 0.3) is 17.2 Å². The molecule has 1 N–H and O–H groups in total. The van der Waals surface area contributed by atoms with E-state index in [9.17, 15) is 19.7 Å². The van der Waals surface area contributed by atoms with Crippen LogP contribution >= 0.6 is 11.6 Å². The maximum absolute atomic E-state index is 12.6. The summed E-state index contributed by atoms with van der Waals surface area (Å²) in [6.45, 7) is 0. The number of carbonyl (C=O) groups is 1. The summed E-state index contributed by atoms with van der Waals surface area (Å²) in [5, 5.41) is 18.1. The van der Waals surface area contributed by atoms with Gasteiger partial charge in [-0.2, -0.15) is 5.10 Å². The monoisotopic (exact) mass is 358 g/mol. The van der Waals surface area contributed by atoms with Crippen LogP contribution in [0.25, 0.3) is 10.8 Å². The Hall–Kier alpha value is -3.26. The van der Waals surface area contributed by atoms with E-state index < -0.39 is 10.8 Å². The molecule has 0 atom stereocenters. The third kappa shape index (κ3) is 3.07. The molecule has 0 aliphatic heterocycles. The first-order valence-corrected chi connectivity index (χ1v) is 7.47. The van der Waals surface area contributed by atoms with E-state index in [-0.39, 0.29) is 27.7 Å². The van der Waals surface area contributed by atoms with Gasteiger partial charge in [0, 0.05) is 24.6 Å². The molecule has 0 bridgehead atoms. The van der Waals surface area contributed by atoms with Crippen molar-refractivity contribution in [3.8, 4) is 0 Å². The fourth-order valence-corrected chi connectivity index (χ4v) is 2.59. The van der Waals surface area contributed by atoms with Gasteiger partial charge in [-0.3, -0.25) is 19.7 Å². The second kappa shape index (κ2) is 6.33. The van der Waals surface area contributed by atoms with Crippen molar-refractivity contribution >= 4 is 39.7 Å². The number of fused-ring (bicyclic) bond motifs is 1. The molecule has 0 radical (unpaired) electrons. The number of halogens is 1. The largest absolute Gasteiger partial charge is 0.319 e. The van der Waals surface area contributed by atoms with Gasteiger partial charge in [0.15, 0.2) is 5.69 Å². The van der Waals surface area contributed by atoms with Gasteiger partial charge in [0.1, 0.15) is 0 Å². The summed E-state index contributed by atoms with van der Waals surface area (Å²) < 4.78 is 1.08. The fourth-order valence-electron chi connectivity index (χ4n) is 2.37. The van der Waals surface area contributed by atoms with Crippen molar-refractivity contribution in [3.05, 3.63) is 73.6 Å². The molecule has 0 fully saturated rings. The van der Waals surface area contributed by atoms with E-state index in [1.807, 2.05) is 0 Å². The second-order valence-electron chi connectivity index (χ2n) is 5.20. The summed E-state index contributed by atoms with van der Waals surface area (Å²) in [5.74, 6) is -0.581. The molecule has 1 amide bonds. The van der Waals surface area contributed by atoms with E-state index in [0.29, 0.717) is 10.8 Å². The summed E-state index contributed by atoms with van der Waals surface area (Å²) in [4.78, 5) is 34.8. The highest BCUT2D eigenvalue weighted by Crippen LogP contribution is 2.27. The minimum absolute atomic E-state index is 0.0247. The molecule has 9 heteroatoms. The topological polar surface area (TPSA) is 107 Å². The minimum atomic E-state index is -0.584. The van der Waals surface area contributed by atoms with Crippen molar-refractivity contribution in [1.82, 2.24) is 9.78 Å². The third-order valence-corrected chi connectivity index (χ3v) is 3.90. The van der Waals surface area contributed by atoms with Crippen molar-refractivity contribution in [2.24, 2.45) is 7.05 Å². The number of amides is 1. The summed E-state index contributed by atoms with van der Waals surface area (Å²) in [7, 11) is 1.45. The zero-order chi connectivity index (χ0) is 18.1. The van der Waals surface area contributed by atoms with E-state index in [0.717, 1.165) is 10.7 Å². The van der Waals surface area contributed by atoms with Gasteiger partial charge in [0.2, 0.25) is 0 Å². The highest BCUT2D eigenvalue weighted by Gasteiger charge is 2.17. The zero-order valence-corrected chi connectivity index (χ0v) is 13.6. The van der Waals surface area contributed by atoms with Crippen LogP contribution < -0.4 is 10.9 Å². The van der Waals surface area contributed by atoms with Gasteiger partial charge in [-0.15, -0.1) is 0 Å². The standard InChI is InChI=1S/C16H11ClN4O4/c1-20-16(23)11-5-3-2-4-10(11)14(19-20)15(22)18-13-7-6-9(21(24)25)8-12(13)17/h2-8H,1H3,(H,18,22). The molecule has 1 aromatic heterocycles. The highest BCUT2D eigenvalue weighted by atomic mass is 35.5. The molecule has 1 heterocycles. The first-order chi connectivity index (χ1) is 11.9. The Bertz CT molecular complexity index is 1080. The van der Waals surface area contributed by atoms with Crippen molar-refractivity contribution in [2.75, 3.05) is 5.32 Å². The van der Waals surface area contributed by atoms with Crippen LogP contribution in [0.3, 0.4) is 0 Å². The Morgan fingerprint density at radius 3 is 2.56 bits per heavy atom. The molecule has 126 valence electrons. The van der Waals surface area contributed by atoms with E-state index in [2.05, 4.69) is 10.4 Å². The summed E-state index contributed by atoms with van der Waals surface area (Å²) in [6, 6.07) is 10.3. The second-order valence-corrected chi connectivity index (χ2v) is 5.61. The highest BCUT2D eigenvalue weighted by molar-refractivity contribution is 6.34. The Morgan fingerprint density at radius 2 is 1.92 bits per heavy atom. The maximum atomic E-state index is 12.6. The van der Waals surface area contributed by atoms with Crippen LogP contribution in [0.1, 0.15) is 10.5 Å². The lowest BCUT2D eigenvalue weighted by Gasteiger charge is -2.10. The third-order valence-electron chi connectivity index (χ3n) is 3.58. The first-order valence-electron chi connectivity index (χ1n) is 7.10. The number of anilines is 1. The molecule has 2 aromatic carbocycles. The molecule has 0 saturated heterocycles. The number of nitro groups is 1. The van der Waals surface area contributed by atoms with Crippen molar-refractivity contribution in [2.45, 2.75) is 0 Å². The van der Waals surface area contributed by atoms with Gasteiger partial charge in [-0.1, -0.05) is 29.8 Å². The molecular weight excluding hydrogens is 348 g/mol. The number of aromatic nitrogens is 2. The molecule has 0 aliphatic rings. The van der Waals surface area contributed by atoms with E-state index in [4.69, 9.17) is 11.6 Å². The summed E-state index contributed by atoms with van der Waals surface area (Å²) in [5.41, 5.74) is -0.252. The van der Waals surface area contributed by atoms with Crippen LogP contribution in [0.15, 0.2) is 47.3 Å². The van der Waals surface area contributed by atoms with Crippen molar-refractivity contribution in [1.29, 1.82) is 0 Å². The number of nitrogens with zero attached hydrogens (tertiary/aromatic N) is 3. The number of hydrogen-bond acceptors (Lipinski definition) is 5. The minimum Gasteiger partial charge on any atom is -0.319 e. The SMILES string of the molecule is Cn1nc(C(=O)Nc2ccc([N+](=O)[O-])cc2Cl)c2ccccc2c1=O. The van der Waals surface area contributed by atoms with Crippen LogP contribution in [0.5, 0.6) is 0 Å². The maximum Gasteiger partial charge on any atom is 0.276 e. The Kier molecular flexibility index (Phi) is 4.20. The lowest BCUT2D eigenvalue weighted by atomic mass is 10.1. The predicted octanol–water partition coefficient (Wildman–Crippen LogP) is 2.75. The molecular formula is C16H11ClN4O4. The number of rotatable bonds is 3. The zero-order valence-electron chi connectivity index (χ0n) is 12.9.